The van der Waals surface area contributed by atoms with Crippen LogP contribution in [0.5, 0.6) is 0 Å². The molecule has 5 heteroatoms. The average molecular weight is 309 g/mol. The van der Waals surface area contributed by atoms with Crippen molar-refractivity contribution in [3.05, 3.63) is 28.1 Å². The monoisotopic (exact) mass is 308 g/mol. The Bertz CT molecular complexity index is 674. The predicted molar refractivity (Wildman–Crippen MR) is 85.6 cm³/mol. The number of hydrogen-bond donors (Lipinski definition) is 2. The summed E-state index contributed by atoms with van der Waals surface area (Å²) in [5, 5.41) is 4.65. The Morgan fingerprint density at radius 2 is 2.10 bits per heavy atom. The van der Waals surface area contributed by atoms with Crippen LogP contribution in [-0.2, 0) is 0 Å². The van der Waals surface area contributed by atoms with Gasteiger partial charge in [-0.15, -0.1) is 11.3 Å². The normalized spacial score (nSPS) is 17.5. The minimum atomic E-state index is -0.0860. The van der Waals surface area contributed by atoms with Gasteiger partial charge in [-0.25, -0.2) is 0 Å². The van der Waals surface area contributed by atoms with Crippen molar-refractivity contribution < 1.29 is 4.79 Å². The van der Waals surface area contributed by atoms with E-state index in [9.17, 15) is 4.79 Å². The second kappa shape index (κ2) is 4.93. The van der Waals surface area contributed by atoms with Gasteiger partial charge in [-0.1, -0.05) is 24.4 Å². The van der Waals surface area contributed by atoms with Crippen LogP contribution in [0, 0.1) is 0 Å². The molecule has 1 aliphatic carbocycles. The predicted octanol–water partition coefficient (Wildman–Crippen LogP) is 4.20. The third-order valence-electron chi connectivity index (χ3n) is 4.02. The summed E-state index contributed by atoms with van der Waals surface area (Å²) in [5.74, 6) is -0.0655. The number of nitrogens with one attached hydrogen (secondary N) is 1. The molecule has 1 aliphatic rings. The van der Waals surface area contributed by atoms with E-state index in [0.717, 1.165) is 22.9 Å². The number of fused-ring (bicyclic) bond motifs is 1. The zero-order valence-corrected chi connectivity index (χ0v) is 12.9. The number of nitrogen functional groups attached to an aromatic ring is 1. The third-order valence-corrected chi connectivity index (χ3v) is 5.44. The molecule has 1 heterocycles. The molecule has 20 heavy (non-hydrogen) atoms. The fraction of sp³-hybridized carbons (Fsp3) is 0.400. The fourth-order valence-corrected chi connectivity index (χ4v) is 4.04. The Balaban J connectivity index is 1.93. The van der Waals surface area contributed by atoms with Gasteiger partial charge in [0.2, 0.25) is 0 Å². The molecule has 0 radical (unpaired) electrons. The number of rotatable bonds is 2. The highest BCUT2D eigenvalue weighted by Crippen LogP contribution is 2.36. The maximum atomic E-state index is 12.5. The van der Waals surface area contributed by atoms with Gasteiger partial charge in [0.25, 0.3) is 5.91 Å². The molecule has 3 rings (SSSR count). The van der Waals surface area contributed by atoms with E-state index in [1.807, 2.05) is 18.2 Å². The van der Waals surface area contributed by atoms with Crippen LogP contribution in [0.2, 0.25) is 5.02 Å². The zero-order valence-electron chi connectivity index (χ0n) is 11.3. The summed E-state index contributed by atoms with van der Waals surface area (Å²) >= 11 is 7.41. The first-order valence-electron chi connectivity index (χ1n) is 6.79. The summed E-state index contributed by atoms with van der Waals surface area (Å²) in [5.41, 5.74) is 6.57. The number of halogens is 1. The Morgan fingerprint density at radius 1 is 1.40 bits per heavy atom. The molecule has 0 aliphatic heterocycles. The van der Waals surface area contributed by atoms with E-state index in [1.165, 1.54) is 24.2 Å². The minimum Gasteiger partial charge on any atom is -0.397 e. The van der Waals surface area contributed by atoms with E-state index in [4.69, 9.17) is 17.3 Å². The summed E-state index contributed by atoms with van der Waals surface area (Å²) in [7, 11) is 0. The van der Waals surface area contributed by atoms with Gasteiger partial charge in [0.1, 0.15) is 4.88 Å². The van der Waals surface area contributed by atoms with Crippen LogP contribution >= 0.6 is 22.9 Å². The number of carbonyl (C=O) groups excluding carboxylic acids is 1. The molecule has 0 saturated heterocycles. The number of thiophene rings is 1. The van der Waals surface area contributed by atoms with E-state index in [0.29, 0.717) is 15.6 Å². The highest BCUT2D eigenvalue weighted by Gasteiger charge is 2.31. The van der Waals surface area contributed by atoms with Crippen molar-refractivity contribution in [2.24, 2.45) is 0 Å². The van der Waals surface area contributed by atoms with E-state index in [1.54, 1.807) is 0 Å². The summed E-state index contributed by atoms with van der Waals surface area (Å²) in [6.07, 6.45) is 4.42. The molecule has 3 N–H and O–H groups in total. The second-order valence-electron chi connectivity index (χ2n) is 5.71. The largest absolute Gasteiger partial charge is 0.397 e. The van der Waals surface area contributed by atoms with Crippen molar-refractivity contribution in [2.45, 2.75) is 38.1 Å². The molecular weight excluding hydrogens is 292 g/mol. The van der Waals surface area contributed by atoms with E-state index in [2.05, 4.69) is 12.2 Å². The molecule has 1 aromatic carbocycles. The first kappa shape index (κ1) is 13.7. The topological polar surface area (TPSA) is 55.1 Å². The van der Waals surface area contributed by atoms with Gasteiger partial charge in [0, 0.05) is 20.6 Å². The number of carbonyl (C=O) groups is 1. The Morgan fingerprint density at radius 3 is 2.80 bits per heavy atom. The standard InChI is InChI=1S/C15H17ClN2OS/c1-15(6-2-3-7-15)18-14(19)13-12(17)10-8-9(16)4-5-11(10)20-13/h4-5,8H,2-3,6-7,17H2,1H3,(H,18,19). The van der Waals surface area contributed by atoms with Crippen molar-refractivity contribution in [3.8, 4) is 0 Å². The first-order chi connectivity index (χ1) is 9.48. The summed E-state index contributed by atoms with van der Waals surface area (Å²) in [6.45, 7) is 2.11. The molecule has 106 valence electrons. The smallest absolute Gasteiger partial charge is 0.263 e. The van der Waals surface area contributed by atoms with Crippen LogP contribution in [-0.4, -0.2) is 11.4 Å². The molecular formula is C15H17ClN2OS. The van der Waals surface area contributed by atoms with Gasteiger partial charge in [0.05, 0.1) is 5.69 Å². The molecule has 1 aromatic heterocycles. The average Bonchev–Trinajstić information content (AvgIpc) is 2.95. The number of anilines is 1. The van der Waals surface area contributed by atoms with Crippen LogP contribution in [0.15, 0.2) is 18.2 Å². The fourth-order valence-electron chi connectivity index (χ4n) is 2.87. The Hall–Kier alpha value is -1.26. The highest BCUT2D eigenvalue weighted by atomic mass is 35.5. The summed E-state index contributed by atoms with van der Waals surface area (Å²) in [4.78, 5) is 13.1. The SMILES string of the molecule is CC1(NC(=O)c2sc3ccc(Cl)cc3c2N)CCCC1. The van der Waals surface area contributed by atoms with Gasteiger partial charge >= 0.3 is 0 Å². The molecule has 0 unspecified atom stereocenters. The van der Waals surface area contributed by atoms with E-state index in [-0.39, 0.29) is 11.4 Å². The van der Waals surface area contributed by atoms with Crippen LogP contribution in [0.3, 0.4) is 0 Å². The molecule has 2 aromatic rings. The van der Waals surface area contributed by atoms with Crippen molar-refractivity contribution in [1.82, 2.24) is 5.32 Å². The number of hydrogen-bond acceptors (Lipinski definition) is 3. The number of nitrogens with two attached hydrogens (primary N) is 1. The third kappa shape index (κ3) is 2.38. The maximum absolute atomic E-state index is 12.5. The van der Waals surface area contributed by atoms with Crippen molar-refractivity contribution in [2.75, 3.05) is 5.73 Å². The van der Waals surface area contributed by atoms with Crippen LogP contribution in [0.1, 0.15) is 42.3 Å². The molecule has 1 fully saturated rings. The molecule has 3 nitrogen and oxygen atoms in total. The lowest BCUT2D eigenvalue weighted by Gasteiger charge is -2.24. The number of amides is 1. The second-order valence-corrected chi connectivity index (χ2v) is 7.20. The van der Waals surface area contributed by atoms with E-state index >= 15 is 0 Å². The summed E-state index contributed by atoms with van der Waals surface area (Å²) in [6, 6.07) is 5.54. The molecule has 0 spiro atoms. The van der Waals surface area contributed by atoms with Crippen molar-refractivity contribution in [3.63, 3.8) is 0 Å². The van der Waals surface area contributed by atoms with Crippen LogP contribution < -0.4 is 11.1 Å². The van der Waals surface area contributed by atoms with Gasteiger partial charge in [-0.2, -0.15) is 0 Å². The Kier molecular flexibility index (Phi) is 3.38. The molecule has 0 bridgehead atoms. The van der Waals surface area contributed by atoms with Crippen molar-refractivity contribution in [1.29, 1.82) is 0 Å². The highest BCUT2D eigenvalue weighted by molar-refractivity contribution is 7.21. The van der Waals surface area contributed by atoms with Gasteiger partial charge in [-0.3, -0.25) is 4.79 Å². The first-order valence-corrected chi connectivity index (χ1v) is 7.98. The lowest BCUT2D eigenvalue weighted by Crippen LogP contribution is -2.43. The zero-order chi connectivity index (χ0) is 14.3. The minimum absolute atomic E-state index is 0.0655. The Labute approximate surface area is 127 Å². The molecule has 0 atom stereocenters. The maximum Gasteiger partial charge on any atom is 0.263 e. The summed E-state index contributed by atoms with van der Waals surface area (Å²) < 4.78 is 0.994. The van der Waals surface area contributed by atoms with Crippen LogP contribution in [0.4, 0.5) is 5.69 Å². The van der Waals surface area contributed by atoms with Crippen molar-refractivity contribution >= 4 is 44.6 Å². The lowest BCUT2D eigenvalue weighted by molar-refractivity contribution is 0.0913. The molecule has 1 saturated carbocycles. The quantitative estimate of drug-likeness (QED) is 0.873. The molecule has 1 amide bonds. The van der Waals surface area contributed by atoms with E-state index < -0.39 is 0 Å². The van der Waals surface area contributed by atoms with Gasteiger partial charge in [-0.05, 0) is 38.0 Å². The lowest BCUT2D eigenvalue weighted by atomic mass is 10.0. The van der Waals surface area contributed by atoms with Gasteiger partial charge in [0.15, 0.2) is 0 Å². The van der Waals surface area contributed by atoms with Gasteiger partial charge < -0.3 is 11.1 Å². The van der Waals surface area contributed by atoms with Crippen LogP contribution in [0.25, 0.3) is 10.1 Å². The number of benzene rings is 1.